The molecule has 0 atom stereocenters. The summed E-state index contributed by atoms with van der Waals surface area (Å²) < 4.78 is 0. The molecule has 0 aliphatic heterocycles. The second-order valence-corrected chi connectivity index (χ2v) is 5.06. The van der Waals surface area contributed by atoms with Crippen molar-refractivity contribution in [2.75, 3.05) is 0 Å². The molecule has 5 heteroatoms. The molecule has 1 fully saturated rings. The molecule has 0 unspecified atom stereocenters. The number of H-pyrrole nitrogens is 1. The van der Waals surface area contributed by atoms with Crippen LogP contribution in [-0.2, 0) is 10.3 Å². The minimum Gasteiger partial charge on any atom is -0.266 e. The number of carbonyl (C=O) groups excluding carboxylic acids is 1. The molecule has 3 rings (SSSR count). The van der Waals surface area contributed by atoms with Crippen LogP contribution in [0.1, 0.15) is 31.2 Å². The monoisotopic (exact) mass is 261 g/mol. The van der Waals surface area contributed by atoms with E-state index in [1.54, 1.807) is 6.08 Å². The highest BCUT2D eigenvalue weighted by molar-refractivity contribution is 6.34. The molecule has 0 radical (unpaired) electrons. The smallest absolute Gasteiger partial charge is 0.235 e. The number of halogens is 1. The van der Waals surface area contributed by atoms with Gasteiger partial charge in [0.25, 0.3) is 0 Å². The van der Waals surface area contributed by atoms with E-state index < -0.39 is 5.54 Å². The van der Waals surface area contributed by atoms with E-state index >= 15 is 0 Å². The SMILES string of the molecule is O=C=NC1(c2cccc3n[nH]c(Cl)c23)CCCC1. The Labute approximate surface area is 109 Å². The second kappa shape index (κ2) is 4.23. The van der Waals surface area contributed by atoms with Crippen LogP contribution in [0.2, 0.25) is 5.15 Å². The summed E-state index contributed by atoms with van der Waals surface area (Å²) in [7, 11) is 0. The first-order valence-electron chi connectivity index (χ1n) is 5.99. The molecule has 1 saturated carbocycles. The highest BCUT2D eigenvalue weighted by Crippen LogP contribution is 2.45. The van der Waals surface area contributed by atoms with Crippen molar-refractivity contribution in [3.8, 4) is 0 Å². The van der Waals surface area contributed by atoms with Gasteiger partial charge in [0.05, 0.1) is 11.1 Å². The number of hydrogen-bond donors (Lipinski definition) is 1. The highest BCUT2D eigenvalue weighted by atomic mass is 35.5. The third kappa shape index (κ3) is 1.57. The lowest BCUT2D eigenvalue weighted by atomic mass is 9.87. The van der Waals surface area contributed by atoms with Gasteiger partial charge in [-0.25, -0.2) is 4.79 Å². The molecule has 1 aliphatic rings. The predicted octanol–water partition coefficient (Wildman–Crippen LogP) is 3.32. The van der Waals surface area contributed by atoms with E-state index in [1.165, 1.54) is 0 Å². The molecule has 0 amide bonds. The first-order valence-corrected chi connectivity index (χ1v) is 6.37. The molecule has 4 nitrogen and oxygen atoms in total. The highest BCUT2D eigenvalue weighted by Gasteiger charge is 2.37. The maximum atomic E-state index is 10.8. The van der Waals surface area contributed by atoms with Crippen LogP contribution in [0.4, 0.5) is 0 Å². The van der Waals surface area contributed by atoms with Crippen LogP contribution in [-0.4, -0.2) is 16.3 Å². The molecule has 0 spiro atoms. The van der Waals surface area contributed by atoms with Crippen LogP contribution in [0.15, 0.2) is 23.2 Å². The lowest BCUT2D eigenvalue weighted by molar-refractivity contribution is 0.459. The number of benzene rings is 1. The van der Waals surface area contributed by atoms with E-state index in [9.17, 15) is 4.79 Å². The molecule has 1 aliphatic carbocycles. The van der Waals surface area contributed by atoms with Gasteiger partial charge in [0.2, 0.25) is 6.08 Å². The van der Waals surface area contributed by atoms with Crippen LogP contribution in [0, 0.1) is 0 Å². The average Bonchev–Trinajstić information content (AvgIpc) is 2.98. The zero-order chi connectivity index (χ0) is 12.6. The van der Waals surface area contributed by atoms with Gasteiger partial charge in [-0.05, 0) is 24.5 Å². The maximum absolute atomic E-state index is 10.8. The topological polar surface area (TPSA) is 58.1 Å². The van der Waals surface area contributed by atoms with Gasteiger partial charge in [0.1, 0.15) is 5.15 Å². The van der Waals surface area contributed by atoms with E-state index in [-0.39, 0.29) is 0 Å². The number of fused-ring (bicyclic) bond motifs is 1. The lowest BCUT2D eigenvalue weighted by Gasteiger charge is -2.23. The number of isocyanates is 1. The molecule has 92 valence electrons. The van der Waals surface area contributed by atoms with Crippen molar-refractivity contribution in [3.63, 3.8) is 0 Å². The summed E-state index contributed by atoms with van der Waals surface area (Å²) in [6.07, 6.45) is 5.59. The van der Waals surface area contributed by atoms with Gasteiger partial charge in [-0.1, -0.05) is 36.6 Å². The Bertz CT molecular complexity index is 637. The quantitative estimate of drug-likeness (QED) is 0.666. The van der Waals surface area contributed by atoms with E-state index in [4.69, 9.17) is 11.6 Å². The number of hydrogen-bond acceptors (Lipinski definition) is 3. The third-order valence-electron chi connectivity index (χ3n) is 3.73. The number of aliphatic imine (C=N–C) groups is 1. The van der Waals surface area contributed by atoms with Gasteiger partial charge in [-0.3, -0.25) is 5.10 Å². The zero-order valence-electron chi connectivity index (χ0n) is 9.74. The van der Waals surface area contributed by atoms with Crippen molar-refractivity contribution in [1.82, 2.24) is 10.2 Å². The summed E-state index contributed by atoms with van der Waals surface area (Å²) in [5, 5.41) is 8.30. The summed E-state index contributed by atoms with van der Waals surface area (Å²) in [6.45, 7) is 0. The molecule has 1 heterocycles. The van der Waals surface area contributed by atoms with Gasteiger partial charge >= 0.3 is 0 Å². The molecule has 1 aromatic carbocycles. The number of aromatic nitrogens is 2. The largest absolute Gasteiger partial charge is 0.266 e. The Morgan fingerprint density at radius 2 is 2.17 bits per heavy atom. The molecule has 1 aromatic heterocycles. The van der Waals surface area contributed by atoms with Crippen molar-refractivity contribution in [1.29, 1.82) is 0 Å². The Morgan fingerprint density at radius 3 is 2.89 bits per heavy atom. The summed E-state index contributed by atoms with van der Waals surface area (Å²) in [5.74, 6) is 0. The fourth-order valence-corrected chi connectivity index (χ4v) is 3.15. The number of nitrogens with zero attached hydrogens (tertiary/aromatic N) is 2. The van der Waals surface area contributed by atoms with Gasteiger partial charge in [0, 0.05) is 5.39 Å². The summed E-state index contributed by atoms with van der Waals surface area (Å²) in [6, 6.07) is 5.81. The van der Waals surface area contributed by atoms with Crippen molar-refractivity contribution < 1.29 is 4.79 Å². The summed E-state index contributed by atoms with van der Waals surface area (Å²) >= 11 is 6.16. The Hall–Kier alpha value is -1.64. The van der Waals surface area contributed by atoms with Crippen LogP contribution in [0.5, 0.6) is 0 Å². The van der Waals surface area contributed by atoms with Crippen molar-refractivity contribution in [2.24, 2.45) is 4.99 Å². The first kappa shape index (κ1) is 11.5. The lowest BCUT2D eigenvalue weighted by Crippen LogP contribution is -2.19. The number of rotatable bonds is 2. The Morgan fingerprint density at radius 1 is 1.39 bits per heavy atom. The molecule has 2 aromatic rings. The molecule has 0 bridgehead atoms. The van der Waals surface area contributed by atoms with E-state index in [0.29, 0.717) is 5.15 Å². The molecule has 18 heavy (non-hydrogen) atoms. The van der Waals surface area contributed by atoms with Crippen molar-refractivity contribution in [3.05, 3.63) is 28.9 Å². The van der Waals surface area contributed by atoms with E-state index in [2.05, 4.69) is 15.2 Å². The van der Waals surface area contributed by atoms with E-state index in [1.807, 2.05) is 18.2 Å². The van der Waals surface area contributed by atoms with Crippen LogP contribution < -0.4 is 0 Å². The minimum absolute atomic E-state index is 0.464. The molecular formula is C13H12ClN3O. The first-order chi connectivity index (χ1) is 8.77. The minimum atomic E-state index is -0.464. The molecule has 1 N–H and O–H groups in total. The summed E-state index contributed by atoms with van der Waals surface area (Å²) in [4.78, 5) is 14.8. The number of nitrogens with one attached hydrogen (secondary N) is 1. The number of aromatic amines is 1. The van der Waals surface area contributed by atoms with Gasteiger partial charge < -0.3 is 0 Å². The van der Waals surface area contributed by atoms with Gasteiger partial charge in [-0.2, -0.15) is 10.1 Å². The van der Waals surface area contributed by atoms with Crippen molar-refractivity contribution in [2.45, 2.75) is 31.2 Å². The summed E-state index contributed by atoms with van der Waals surface area (Å²) in [5.41, 5.74) is 1.33. The standard InChI is InChI=1S/C13H12ClN3O/c14-12-11-9(4-3-5-10(11)16-17-12)13(15-8-18)6-1-2-7-13/h3-5H,1-2,6-7H2,(H,16,17). The Balaban J connectivity index is 2.29. The van der Waals surface area contributed by atoms with Gasteiger partial charge in [-0.15, -0.1) is 0 Å². The van der Waals surface area contributed by atoms with Gasteiger partial charge in [0.15, 0.2) is 0 Å². The average molecular weight is 262 g/mol. The second-order valence-electron chi connectivity index (χ2n) is 4.68. The van der Waals surface area contributed by atoms with Crippen LogP contribution in [0.3, 0.4) is 0 Å². The van der Waals surface area contributed by atoms with E-state index in [0.717, 1.165) is 42.1 Å². The van der Waals surface area contributed by atoms with Crippen molar-refractivity contribution >= 4 is 28.6 Å². The fourth-order valence-electron chi connectivity index (χ4n) is 2.91. The molecular weight excluding hydrogens is 250 g/mol. The normalized spacial score (nSPS) is 17.8. The predicted molar refractivity (Wildman–Crippen MR) is 69.4 cm³/mol. The molecule has 0 saturated heterocycles. The fraction of sp³-hybridized carbons (Fsp3) is 0.385. The van der Waals surface area contributed by atoms with Crippen LogP contribution >= 0.6 is 11.6 Å². The maximum Gasteiger partial charge on any atom is 0.235 e. The third-order valence-corrected chi connectivity index (χ3v) is 4.00. The van der Waals surface area contributed by atoms with Crippen LogP contribution in [0.25, 0.3) is 10.9 Å². The zero-order valence-corrected chi connectivity index (χ0v) is 10.5. The Kier molecular flexibility index (Phi) is 2.69.